The van der Waals surface area contributed by atoms with Crippen molar-refractivity contribution in [1.29, 1.82) is 0 Å². The average Bonchev–Trinajstić information content (AvgIpc) is 3.06. The van der Waals surface area contributed by atoms with Crippen molar-refractivity contribution in [3.63, 3.8) is 0 Å². The summed E-state index contributed by atoms with van der Waals surface area (Å²) < 4.78 is 59.8. The van der Waals surface area contributed by atoms with Gasteiger partial charge < -0.3 is 15.0 Å². The highest BCUT2D eigenvalue weighted by molar-refractivity contribution is 7.92. The summed E-state index contributed by atoms with van der Waals surface area (Å²) in [5.74, 6) is -3.74. The van der Waals surface area contributed by atoms with Gasteiger partial charge in [-0.15, -0.1) is 0 Å². The number of aromatic nitrogens is 2. The Morgan fingerprint density at radius 3 is 2.73 bits per heavy atom. The summed E-state index contributed by atoms with van der Waals surface area (Å²) >= 11 is 0. The van der Waals surface area contributed by atoms with E-state index in [1.54, 1.807) is 26.2 Å². The third-order valence-corrected chi connectivity index (χ3v) is 5.62. The number of pyridine rings is 1. The van der Waals surface area contributed by atoms with Gasteiger partial charge in [0.25, 0.3) is 5.91 Å². The van der Waals surface area contributed by atoms with Crippen molar-refractivity contribution in [3.8, 4) is 0 Å². The number of carbonyl (C=O) groups is 1. The second-order valence-corrected chi connectivity index (χ2v) is 8.39. The number of sulfonamides is 1. The molecule has 8 nitrogen and oxygen atoms in total. The SMILES string of the molecule is CCCS(=O)(=O)Nc1ccc(F)c(C(=O)Nc2cnc3[nH]c(COC)cc3c2)c1F. The monoisotopic (exact) mass is 438 g/mol. The molecule has 0 fully saturated rings. The molecule has 2 heterocycles. The van der Waals surface area contributed by atoms with Gasteiger partial charge in [0.15, 0.2) is 5.82 Å². The molecule has 160 valence electrons. The van der Waals surface area contributed by atoms with Crippen molar-refractivity contribution in [3.05, 3.63) is 53.4 Å². The highest BCUT2D eigenvalue weighted by atomic mass is 32.2. The molecule has 0 atom stereocenters. The fraction of sp³-hybridized carbons (Fsp3) is 0.263. The fourth-order valence-corrected chi connectivity index (χ4v) is 4.03. The topological polar surface area (TPSA) is 113 Å². The minimum absolute atomic E-state index is 0.214. The van der Waals surface area contributed by atoms with Crippen LogP contribution in [-0.2, 0) is 21.4 Å². The molecule has 2 aromatic heterocycles. The molecule has 0 saturated carbocycles. The van der Waals surface area contributed by atoms with Crippen molar-refractivity contribution in [1.82, 2.24) is 9.97 Å². The zero-order valence-corrected chi connectivity index (χ0v) is 17.1. The number of benzene rings is 1. The lowest BCUT2D eigenvalue weighted by atomic mass is 10.1. The molecular formula is C19H20F2N4O4S. The Morgan fingerprint density at radius 2 is 2.03 bits per heavy atom. The first-order valence-corrected chi connectivity index (χ1v) is 10.7. The van der Waals surface area contributed by atoms with E-state index in [9.17, 15) is 22.0 Å². The van der Waals surface area contributed by atoms with Crippen LogP contribution >= 0.6 is 0 Å². The Bertz CT molecular complexity index is 1190. The van der Waals surface area contributed by atoms with Crippen LogP contribution in [0.2, 0.25) is 0 Å². The number of fused-ring (bicyclic) bond motifs is 1. The normalized spacial score (nSPS) is 11.6. The van der Waals surface area contributed by atoms with Crippen molar-refractivity contribution >= 4 is 38.3 Å². The van der Waals surface area contributed by atoms with Crippen molar-refractivity contribution in [2.45, 2.75) is 20.0 Å². The quantitative estimate of drug-likeness (QED) is 0.499. The lowest BCUT2D eigenvalue weighted by molar-refractivity contribution is 0.101. The standard InChI is InChI=1S/C19H20F2N4O4S/c1-3-6-30(27,28)25-15-5-4-14(20)16(17(15)21)19(26)24-12-7-11-8-13(10-29-2)23-18(11)22-9-12/h4-5,7-9,25H,3,6,10H2,1-2H3,(H,22,23)(H,24,26). The third kappa shape index (κ3) is 4.74. The molecule has 0 aliphatic carbocycles. The number of halogens is 2. The molecule has 3 rings (SSSR count). The van der Waals surface area contributed by atoms with Gasteiger partial charge in [-0.1, -0.05) is 6.92 Å². The van der Waals surface area contributed by atoms with Gasteiger partial charge in [0.1, 0.15) is 17.0 Å². The number of nitrogens with one attached hydrogen (secondary N) is 3. The average molecular weight is 438 g/mol. The van der Waals surface area contributed by atoms with E-state index in [0.29, 0.717) is 24.1 Å². The van der Waals surface area contributed by atoms with Crippen molar-refractivity contribution in [2.75, 3.05) is 22.9 Å². The number of hydrogen-bond acceptors (Lipinski definition) is 5. The lowest BCUT2D eigenvalue weighted by Gasteiger charge is -2.12. The number of hydrogen-bond donors (Lipinski definition) is 3. The Hall–Kier alpha value is -3.05. The molecule has 30 heavy (non-hydrogen) atoms. The van der Waals surface area contributed by atoms with E-state index >= 15 is 0 Å². The number of anilines is 2. The second-order valence-electron chi connectivity index (χ2n) is 6.55. The molecule has 1 aromatic carbocycles. The van der Waals surface area contributed by atoms with Crippen LogP contribution in [0.25, 0.3) is 11.0 Å². The van der Waals surface area contributed by atoms with E-state index in [2.05, 4.69) is 15.3 Å². The van der Waals surface area contributed by atoms with Crippen LogP contribution in [0.5, 0.6) is 0 Å². The van der Waals surface area contributed by atoms with Gasteiger partial charge in [-0.05, 0) is 30.7 Å². The number of carbonyl (C=O) groups excluding carboxylic acids is 1. The maximum Gasteiger partial charge on any atom is 0.261 e. The fourth-order valence-electron chi connectivity index (χ4n) is 2.89. The second kappa shape index (κ2) is 8.76. The molecule has 3 N–H and O–H groups in total. The summed E-state index contributed by atoms with van der Waals surface area (Å²) in [7, 11) is -2.27. The van der Waals surface area contributed by atoms with Crippen LogP contribution in [0.1, 0.15) is 29.4 Å². The van der Waals surface area contributed by atoms with Gasteiger partial charge in [0.05, 0.1) is 29.9 Å². The number of rotatable bonds is 8. The summed E-state index contributed by atoms with van der Waals surface area (Å²) in [5, 5.41) is 3.05. The first-order chi connectivity index (χ1) is 14.2. The summed E-state index contributed by atoms with van der Waals surface area (Å²) in [6.45, 7) is 1.99. The number of nitrogens with zero attached hydrogens (tertiary/aromatic N) is 1. The van der Waals surface area contributed by atoms with Gasteiger partial charge in [-0.3, -0.25) is 9.52 Å². The first kappa shape index (κ1) is 21.7. The Morgan fingerprint density at radius 1 is 1.27 bits per heavy atom. The smallest absolute Gasteiger partial charge is 0.261 e. The highest BCUT2D eigenvalue weighted by Crippen LogP contribution is 2.24. The zero-order chi connectivity index (χ0) is 21.9. The van der Waals surface area contributed by atoms with Gasteiger partial charge in [-0.25, -0.2) is 22.2 Å². The molecule has 0 bridgehead atoms. The highest BCUT2D eigenvalue weighted by Gasteiger charge is 2.23. The van der Waals surface area contributed by atoms with Crippen molar-refractivity contribution < 1.29 is 26.7 Å². The van der Waals surface area contributed by atoms with Crippen LogP contribution in [0.3, 0.4) is 0 Å². The number of amides is 1. The maximum atomic E-state index is 14.7. The zero-order valence-electron chi connectivity index (χ0n) is 16.3. The van der Waals surface area contributed by atoms with E-state index < -0.39 is 38.8 Å². The molecule has 0 aliphatic heterocycles. The van der Waals surface area contributed by atoms with Gasteiger partial charge in [0.2, 0.25) is 10.0 Å². The summed E-state index contributed by atoms with van der Waals surface area (Å²) in [5.41, 5.74) is 0.142. The summed E-state index contributed by atoms with van der Waals surface area (Å²) in [4.78, 5) is 19.7. The van der Waals surface area contributed by atoms with E-state index in [1.165, 1.54) is 6.20 Å². The van der Waals surface area contributed by atoms with E-state index in [1.807, 2.05) is 4.72 Å². The molecule has 0 saturated heterocycles. The predicted octanol–water partition coefficient (Wildman–Crippen LogP) is 3.39. The van der Waals surface area contributed by atoms with E-state index in [4.69, 9.17) is 4.74 Å². The molecule has 11 heteroatoms. The molecule has 0 spiro atoms. The molecular weight excluding hydrogens is 418 g/mol. The van der Waals surface area contributed by atoms with Gasteiger partial charge in [-0.2, -0.15) is 0 Å². The minimum Gasteiger partial charge on any atom is -0.378 e. The van der Waals surface area contributed by atoms with Crippen LogP contribution in [0.15, 0.2) is 30.5 Å². The largest absolute Gasteiger partial charge is 0.378 e. The van der Waals surface area contributed by atoms with Crippen LogP contribution in [-0.4, -0.2) is 37.2 Å². The molecule has 1 amide bonds. The number of methoxy groups -OCH3 is 1. The molecule has 0 radical (unpaired) electrons. The number of H-pyrrole nitrogens is 1. The third-order valence-electron chi connectivity index (χ3n) is 4.14. The van der Waals surface area contributed by atoms with E-state index in [-0.39, 0.29) is 11.4 Å². The van der Waals surface area contributed by atoms with Crippen LogP contribution < -0.4 is 10.0 Å². The van der Waals surface area contributed by atoms with Gasteiger partial charge in [0, 0.05) is 18.2 Å². The van der Waals surface area contributed by atoms with E-state index in [0.717, 1.165) is 17.8 Å². The Labute approximate surface area is 171 Å². The predicted molar refractivity (Wildman–Crippen MR) is 109 cm³/mol. The summed E-state index contributed by atoms with van der Waals surface area (Å²) in [6.07, 6.45) is 1.64. The molecule has 0 unspecified atom stereocenters. The molecule has 0 aliphatic rings. The van der Waals surface area contributed by atoms with Crippen LogP contribution in [0.4, 0.5) is 20.2 Å². The number of ether oxygens (including phenoxy) is 1. The summed E-state index contributed by atoms with van der Waals surface area (Å²) in [6, 6.07) is 5.11. The maximum absolute atomic E-state index is 14.7. The minimum atomic E-state index is -3.82. The van der Waals surface area contributed by atoms with Crippen molar-refractivity contribution in [2.24, 2.45) is 0 Å². The molecule has 3 aromatic rings. The lowest BCUT2D eigenvalue weighted by Crippen LogP contribution is -2.20. The van der Waals surface area contributed by atoms with Crippen LogP contribution in [0, 0.1) is 11.6 Å². The number of aromatic amines is 1. The Balaban J connectivity index is 1.87. The first-order valence-electron chi connectivity index (χ1n) is 9.00. The van der Waals surface area contributed by atoms with Gasteiger partial charge >= 0.3 is 0 Å². The Kier molecular flexibility index (Phi) is 6.32.